The molecule has 2 unspecified atom stereocenters. The van der Waals surface area contributed by atoms with Gasteiger partial charge in [0.2, 0.25) is 0 Å². The van der Waals surface area contributed by atoms with Crippen LogP contribution in [0.25, 0.3) is 0 Å². The van der Waals surface area contributed by atoms with Gasteiger partial charge in [-0.05, 0) is 36.5 Å². The van der Waals surface area contributed by atoms with E-state index in [4.69, 9.17) is 10.5 Å². The number of rotatable bonds is 5. The topological polar surface area (TPSA) is 35.2 Å². The lowest BCUT2D eigenvalue weighted by Gasteiger charge is -2.35. The highest BCUT2D eigenvalue weighted by Gasteiger charge is 2.30. The molecule has 0 aliphatic carbocycles. The Morgan fingerprint density at radius 2 is 1.78 bits per heavy atom. The summed E-state index contributed by atoms with van der Waals surface area (Å²) >= 11 is 0. The Hall–Kier alpha value is -0.930. The molecule has 2 N–H and O–H groups in total. The lowest BCUT2D eigenvalue weighted by molar-refractivity contribution is -0.0274. The Labute approximate surface area is 109 Å². The number of nitrogens with two attached hydrogens (primary N) is 1. The van der Waals surface area contributed by atoms with E-state index in [2.05, 4.69) is 20.8 Å². The van der Waals surface area contributed by atoms with Crippen LogP contribution in [0.15, 0.2) is 24.3 Å². The molecular weight excluding hydrogens is 229 g/mol. The molecule has 1 rings (SSSR count). The molecule has 0 saturated carbocycles. The predicted molar refractivity (Wildman–Crippen MR) is 72.9 cm³/mol. The summed E-state index contributed by atoms with van der Waals surface area (Å²) in [6, 6.07) is 6.40. The molecule has 0 radical (unpaired) electrons. The zero-order valence-corrected chi connectivity index (χ0v) is 11.7. The molecule has 2 atom stereocenters. The first kappa shape index (κ1) is 15.1. The van der Waals surface area contributed by atoms with Gasteiger partial charge in [-0.15, -0.1) is 0 Å². The lowest BCUT2D eigenvalue weighted by atomic mass is 9.82. The Morgan fingerprint density at radius 1 is 1.22 bits per heavy atom. The first-order chi connectivity index (χ1) is 8.34. The molecule has 0 saturated heterocycles. The molecule has 18 heavy (non-hydrogen) atoms. The third kappa shape index (κ3) is 4.39. The maximum atomic E-state index is 12.8. The monoisotopic (exact) mass is 253 g/mol. The maximum Gasteiger partial charge on any atom is 0.123 e. The molecule has 0 spiro atoms. The minimum absolute atomic E-state index is 0.00451. The number of halogens is 1. The molecule has 1 aromatic rings. The molecule has 0 aliphatic heterocycles. The van der Waals surface area contributed by atoms with Crippen molar-refractivity contribution in [1.82, 2.24) is 0 Å². The number of ether oxygens (including phenoxy) is 1. The van der Waals surface area contributed by atoms with Gasteiger partial charge in [-0.2, -0.15) is 0 Å². The van der Waals surface area contributed by atoms with Crippen LogP contribution in [-0.2, 0) is 11.2 Å². The van der Waals surface area contributed by atoms with Crippen LogP contribution in [0.1, 0.15) is 33.3 Å². The van der Waals surface area contributed by atoms with Crippen molar-refractivity contribution in [2.24, 2.45) is 11.1 Å². The molecule has 0 bridgehead atoms. The van der Waals surface area contributed by atoms with Gasteiger partial charge in [0.05, 0.1) is 6.10 Å². The van der Waals surface area contributed by atoms with Crippen molar-refractivity contribution < 1.29 is 9.13 Å². The lowest BCUT2D eigenvalue weighted by Crippen LogP contribution is -2.46. The van der Waals surface area contributed by atoms with Crippen molar-refractivity contribution in [2.75, 3.05) is 6.61 Å². The van der Waals surface area contributed by atoms with Gasteiger partial charge >= 0.3 is 0 Å². The molecule has 0 aliphatic rings. The van der Waals surface area contributed by atoms with Crippen LogP contribution in [0.2, 0.25) is 0 Å². The van der Waals surface area contributed by atoms with E-state index in [9.17, 15) is 4.39 Å². The first-order valence-electron chi connectivity index (χ1n) is 6.46. The van der Waals surface area contributed by atoms with Crippen LogP contribution in [0, 0.1) is 11.2 Å². The summed E-state index contributed by atoms with van der Waals surface area (Å²) < 4.78 is 18.6. The van der Waals surface area contributed by atoms with Gasteiger partial charge < -0.3 is 10.5 Å². The molecule has 102 valence electrons. The van der Waals surface area contributed by atoms with E-state index < -0.39 is 0 Å². The SMILES string of the molecule is CCOC(C(N)Cc1ccc(F)cc1)C(C)(C)C. The number of hydrogen-bond acceptors (Lipinski definition) is 2. The number of hydrogen-bond donors (Lipinski definition) is 1. The standard InChI is InChI=1S/C15H24FNO/c1-5-18-14(15(2,3)4)13(17)10-11-6-8-12(16)9-7-11/h6-9,13-14H,5,10,17H2,1-4H3. The van der Waals surface area contributed by atoms with Crippen LogP contribution >= 0.6 is 0 Å². The van der Waals surface area contributed by atoms with Crippen molar-refractivity contribution >= 4 is 0 Å². The highest BCUT2D eigenvalue weighted by molar-refractivity contribution is 5.17. The second kappa shape index (κ2) is 6.30. The van der Waals surface area contributed by atoms with Gasteiger partial charge in [0.1, 0.15) is 5.82 Å². The Morgan fingerprint density at radius 3 is 2.22 bits per heavy atom. The average Bonchev–Trinajstić information content (AvgIpc) is 2.27. The average molecular weight is 253 g/mol. The van der Waals surface area contributed by atoms with E-state index in [1.165, 1.54) is 12.1 Å². The zero-order chi connectivity index (χ0) is 13.8. The summed E-state index contributed by atoms with van der Waals surface area (Å²) in [5.41, 5.74) is 7.28. The van der Waals surface area contributed by atoms with Crippen LogP contribution in [0.3, 0.4) is 0 Å². The summed E-state index contributed by atoms with van der Waals surface area (Å²) in [5, 5.41) is 0. The smallest absolute Gasteiger partial charge is 0.123 e. The summed E-state index contributed by atoms with van der Waals surface area (Å²) in [7, 11) is 0. The van der Waals surface area contributed by atoms with Crippen molar-refractivity contribution in [3.8, 4) is 0 Å². The zero-order valence-electron chi connectivity index (χ0n) is 11.7. The second-order valence-electron chi connectivity index (χ2n) is 5.74. The minimum atomic E-state index is -0.218. The van der Waals surface area contributed by atoms with Crippen molar-refractivity contribution in [2.45, 2.75) is 46.3 Å². The van der Waals surface area contributed by atoms with Gasteiger partial charge in [-0.1, -0.05) is 32.9 Å². The van der Waals surface area contributed by atoms with E-state index in [0.717, 1.165) is 5.56 Å². The normalized spacial score (nSPS) is 15.4. The second-order valence-corrected chi connectivity index (χ2v) is 5.74. The number of benzene rings is 1. The third-order valence-corrected chi connectivity index (χ3v) is 2.97. The Kier molecular flexibility index (Phi) is 5.29. The van der Waals surface area contributed by atoms with Gasteiger partial charge in [0, 0.05) is 12.6 Å². The molecule has 0 amide bonds. The first-order valence-corrected chi connectivity index (χ1v) is 6.46. The van der Waals surface area contributed by atoms with Crippen LogP contribution in [0.4, 0.5) is 4.39 Å². The Balaban J connectivity index is 2.72. The molecular formula is C15H24FNO. The largest absolute Gasteiger partial charge is 0.376 e. The van der Waals surface area contributed by atoms with Gasteiger partial charge in [-0.3, -0.25) is 0 Å². The quantitative estimate of drug-likeness (QED) is 0.875. The van der Waals surface area contributed by atoms with E-state index in [-0.39, 0.29) is 23.4 Å². The van der Waals surface area contributed by atoms with Crippen molar-refractivity contribution in [3.63, 3.8) is 0 Å². The van der Waals surface area contributed by atoms with Crippen LogP contribution < -0.4 is 5.73 Å². The van der Waals surface area contributed by atoms with Crippen LogP contribution in [-0.4, -0.2) is 18.8 Å². The van der Waals surface area contributed by atoms with E-state index in [1.54, 1.807) is 12.1 Å². The fourth-order valence-electron chi connectivity index (χ4n) is 2.20. The van der Waals surface area contributed by atoms with Crippen LogP contribution in [0.5, 0.6) is 0 Å². The summed E-state index contributed by atoms with van der Waals surface area (Å²) in [4.78, 5) is 0. The molecule has 3 heteroatoms. The fraction of sp³-hybridized carbons (Fsp3) is 0.600. The molecule has 1 aromatic carbocycles. The summed E-state index contributed by atoms with van der Waals surface area (Å²) in [6.07, 6.45) is 0.690. The third-order valence-electron chi connectivity index (χ3n) is 2.97. The molecule has 0 fully saturated rings. The van der Waals surface area contributed by atoms with Gasteiger partial charge in [-0.25, -0.2) is 4.39 Å². The van der Waals surface area contributed by atoms with E-state index in [1.807, 2.05) is 6.92 Å². The summed E-state index contributed by atoms with van der Waals surface area (Å²) in [6.45, 7) is 9.00. The summed E-state index contributed by atoms with van der Waals surface area (Å²) in [5.74, 6) is -0.218. The Bertz CT molecular complexity index is 356. The molecule has 0 aromatic heterocycles. The highest BCUT2D eigenvalue weighted by atomic mass is 19.1. The van der Waals surface area contributed by atoms with Crippen molar-refractivity contribution in [3.05, 3.63) is 35.6 Å². The minimum Gasteiger partial charge on any atom is -0.376 e. The molecule has 2 nitrogen and oxygen atoms in total. The highest BCUT2D eigenvalue weighted by Crippen LogP contribution is 2.25. The maximum absolute atomic E-state index is 12.8. The van der Waals surface area contributed by atoms with Crippen molar-refractivity contribution in [1.29, 1.82) is 0 Å². The fourth-order valence-corrected chi connectivity index (χ4v) is 2.20. The molecule has 0 heterocycles. The van der Waals surface area contributed by atoms with E-state index >= 15 is 0 Å². The van der Waals surface area contributed by atoms with Gasteiger partial charge in [0.15, 0.2) is 0 Å². The predicted octanol–water partition coefficient (Wildman–Crippen LogP) is 3.15. The van der Waals surface area contributed by atoms with Gasteiger partial charge in [0.25, 0.3) is 0 Å². The van der Waals surface area contributed by atoms with E-state index in [0.29, 0.717) is 13.0 Å².